The molecule has 112 valence electrons. The average Bonchev–Trinajstić information content (AvgIpc) is 2.38. The normalized spacial score (nSPS) is 23.6. The summed E-state index contributed by atoms with van der Waals surface area (Å²) in [7, 11) is -2.05. The highest BCUT2D eigenvalue weighted by Crippen LogP contribution is 2.21. The SMILES string of the molecule is COc1ccc(CC2CCC(S(N)(=O)=O)CN2)cc1F. The van der Waals surface area contributed by atoms with Gasteiger partial charge in [0, 0.05) is 12.6 Å². The molecule has 20 heavy (non-hydrogen) atoms. The number of benzene rings is 1. The van der Waals surface area contributed by atoms with Gasteiger partial charge in [-0.15, -0.1) is 0 Å². The largest absolute Gasteiger partial charge is 0.494 e. The van der Waals surface area contributed by atoms with Crippen molar-refractivity contribution in [2.24, 2.45) is 5.14 Å². The molecule has 2 unspecified atom stereocenters. The predicted octanol–water partition coefficient (Wildman–Crippen LogP) is 0.786. The van der Waals surface area contributed by atoms with E-state index in [1.54, 1.807) is 6.07 Å². The quantitative estimate of drug-likeness (QED) is 0.861. The number of methoxy groups -OCH3 is 1. The lowest BCUT2D eigenvalue weighted by Crippen LogP contribution is -2.47. The Morgan fingerprint density at radius 3 is 2.70 bits per heavy atom. The third-order valence-corrected chi connectivity index (χ3v) is 4.97. The van der Waals surface area contributed by atoms with E-state index in [-0.39, 0.29) is 17.6 Å². The third kappa shape index (κ3) is 3.68. The lowest BCUT2D eigenvalue weighted by Gasteiger charge is -2.28. The maximum Gasteiger partial charge on any atom is 0.213 e. The highest BCUT2D eigenvalue weighted by atomic mass is 32.2. The Morgan fingerprint density at radius 2 is 2.20 bits per heavy atom. The molecule has 3 N–H and O–H groups in total. The first-order valence-corrected chi connectivity index (χ1v) is 8.08. The lowest BCUT2D eigenvalue weighted by atomic mass is 9.97. The topological polar surface area (TPSA) is 81.4 Å². The lowest BCUT2D eigenvalue weighted by molar-refractivity contribution is 0.383. The summed E-state index contributed by atoms with van der Waals surface area (Å²) in [5.74, 6) is -0.164. The van der Waals surface area contributed by atoms with Crippen molar-refractivity contribution in [2.75, 3.05) is 13.7 Å². The van der Waals surface area contributed by atoms with E-state index in [2.05, 4.69) is 5.32 Å². The van der Waals surface area contributed by atoms with Crippen molar-refractivity contribution in [3.05, 3.63) is 29.6 Å². The molecule has 1 aromatic rings. The van der Waals surface area contributed by atoms with Crippen LogP contribution in [0.1, 0.15) is 18.4 Å². The van der Waals surface area contributed by atoms with E-state index in [4.69, 9.17) is 9.88 Å². The number of nitrogens with two attached hydrogens (primary N) is 1. The van der Waals surface area contributed by atoms with Crippen molar-refractivity contribution in [1.29, 1.82) is 0 Å². The molecule has 1 fully saturated rings. The molecule has 0 saturated carbocycles. The van der Waals surface area contributed by atoms with Gasteiger partial charge in [-0.2, -0.15) is 0 Å². The second-order valence-electron chi connectivity index (χ2n) is 5.07. The van der Waals surface area contributed by atoms with Crippen molar-refractivity contribution in [3.63, 3.8) is 0 Å². The van der Waals surface area contributed by atoms with Crippen LogP contribution in [-0.4, -0.2) is 33.4 Å². The van der Waals surface area contributed by atoms with Gasteiger partial charge < -0.3 is 10.1 Å². The van der Waals surface area contributed by atoms with Crippen LogP contribution in [0.25, 0.3) is 0 Å². The number of sulfonamides is 1. The van der Waals surface area contributed by atoms with Gasteiger partial charge >= 0.3 is 0 Å². The molecular weight excluding hydrogens is 283 g/mol. The van der Waals surface area contributed by atoms with Gasteiger partial charge in [0.25, 0.3) is 0 Å². The summed E-state index contributed by atoms with van der Waals surface area (Å²) in [6, 6.07) is 5.00. The summed E-state index contributed by atoms with van der Waals surface area (Å²) < 4.78 is 40.9. The maximum absolute atomic E-state index is 13.6. The van der Waals surface area contributed by atoms with Crippen molar-refractivity contribution in [3.8, 4) is 5.75 Å². The number of piperidine rings is 1. The Labute approximate surface area is 118 Å². The zero-order chi connectivity index (χ0) is 14.8. The first-order valence-electron chi connectivity index (χ1n) is 6.47. The van der Waals surface area contributed by atoms with E-state index in [1.807, 2.05) is 6.07 Å². The van der Waals surface area contributed by atoms with Crippen molar-refractivity contribution in [2.45, 2.75) is 30.6 Å². The highest BCUT2D eigenvalue weighted by Gasteiger charge is 2.28. The standard InChI is InChI=1S/C13H19FN2O3S/c1-19-13-5-2-9(7-12(13)14)6-10-3-4-11(8-16-10)20(15,17)18/h2,5,7,10-11,16H,3-4,6,8H2,1H3,(H2,15,17,18). The van der Waals surface area contributed by atoms with E-state index in [1.165, 1.54) is 13.2 Å². The molecule has 0 aromatic heterocycles. The molecule has 2 rings (SSSR count). The zero-order valence-electron chi connectivity index (χ0n) is 11.3. The van der Waals surface area contributed by atoms with E-state index in [9.17, 15) is 12.8 Å². The van der Waals surface area contributed by atoms with Gasteiger partial charge in [0.15, 0.2) is 11.6 Å². The Hall–Kier alpha value is -1.18. The molecule has 1 heterocycles. The van der Waals surface area contributed by atoms with Crippen LogP contribution >= 0.6 is 0 Å². The summed E-state index contributed by atoms with van der Waals surface area (Å²) in [5, 5.41) is 7.77. The third-order valence-electron chi connectivity index (χ3n) is 3.63. The second kappa shape index (κ2) is 6.07. The molecule has 0 spiro atoms. The van der Waals surface area contributed by atoms with Crippen LogP contribution in [0.5, 0.6) is 5.75 Å². The van der Waals surface area contributed by atoms with Crippen LogP contribution in [0.4, 0.5) is 4.39 Å². The summed E-state index contributed by atoms with van der Waals surface area (Å²) >= 11 is 0. The molecule has 1 aliphatic heterocycles. The van der Waals surface area contributed by atoms with Gasteiger partial charge in [0.2, 0.25) is 10.0 Å². The Morgan fingerprint density at radius 1 is 1.45 bits per heavy atom. The Bertz CT molecular complexity index is 569. The van der Waals surface area contributed by atoms with Gasteiger partial charge in [-0.1, -0.05) is 6.07 Å². The predicted molar refractivity (Wildman–Crippen MR) is 74.6 cm³/mol. The Kier molecular flexibility index (Phi) is 4.62. The first kappa shape index (κ1) is 15.2. The molecule has 1 aromatic carbocycles. The van der Waals surface area contributed by atoms with Gasteiger partial charge in [-0.3, -0.25) is 0 Å². The fourth-order valence-electron chi connectivity index (χ4n) is 2.47. The number of primary sulfonamides is 1. The molecule has 2 atom stereocenters. The van der Waals surface area contributed by atoms with E-state index in [0.29, 0.717) is 25.8 Å². The molecule has 0 radical (unpaired) electrons. The number of halogens is 1. The molecule has 5 nitrogen and oxygen atoms in total. The second-order valence-corrected chi connectivity index (χ2v) is 6.91. The minimum atomic E-state index is -3.48. The number of rotatable bonds is 4. The summed E-state index contributed by atoms with van der Waals surface area (Å²) in [5.41, 5.74) is 0.856. The van der Waals surface area contributed by atoms with Gasteiger partial charge in [-0.05, 0) is 37.0 Å². The molecule has 0 amide bonds. The minimum absolute atomic E-state index is 0.140. The number of nitrogens with one attached hydrogen (secondary N) is 1. The van der Waals surface area contributed by atoms with E-state index in [0.717, 1.165) is 5.56 Å². The van der Waals surface area contributed by atoms with Crippen LogP contribution in [0, 0.1) is 5.82 Å². The number of hydrogen-bond donors (Lipinski definition) is 2. The summed E-state index contributed by atoms with van der Waals surface area (Å²) in [6.45, 7) is 0.349. The molecule has 0 bridgehead atoms. The maximum atomic E-state index is 13.6. The summed E-state index contributed by atoms with van der Waals surface area (Å²) in [6.07, 6.45) is 1.89. The number of hydrogen-bond acceptors (Lipinski definition) is 4. The first-order chi connectivity index (χ1) is 9.40. The fourth-order valence-corrected chi connectivity index (χ4v) is 3.26. The molecule has 1 saturated heterocycles. The summed E-state index contributed by atoms with van der Waals surface area (Å²) in [4.78, 5) is 0. The average molecular weight is 302 g/mol. The smallest absolute Gasteiger partial charge is 0.213 e. The highest BCUT2D eigenvalue weighted by molar-refractivity contribution is 7.89. The van der Waals surface area contributed by atoms with E-state index >= 15 is 0 Å². The molecule has 7 heteroatoms. The van der Waals surface area contributed by atoms with Gasteiger partial charge in [0.05, 0.1) is 12.4 Å². The van der Waals surface area contributed by atoms with Crippen LogP contribution in [0.3, 0.4) is 0 Å². The van der Waals surface area contributed by atoms with Gasteiger partial charge in [-0.25, -0.2) is 17.9 Å². The van der Waals surface area contributed by atoms with Crippen molar-refractivity contribution in [1.82, 2.24) is 5.32 Å². The van der Waals surface area contributed by atoms with Crippen LogP contribution in [0.15, 0.2) is 18.2 Å². The van der Waals surface area contributed by atoms with E-state index < -0.39 is 15.3 Å². The number of ether oxygens (including phenoxy) is 1. The van der Waals surface area contributed by atoms with Crippen LogP contribution in [0.2, 0.25) is 0 Å². The molecular formula is C13H19FN2O3S. The van der Waals surface area contributed by atoms with Crippen molar-refractivity contribution >= 4 is 10.0 Å². The molecule has 1 aliphatic rings. The minimum Gasteiger partial charge on any atom is -0.494 e. The van der Waals surface area contributed by atoms with Crippen LogP contribution in [-0.2, 0) is 16.4 Å². The zero-order valence-corrected chi connectivity index (χ0v) is 12.1. The fraction of sp³-hybridized carbons (Fsp3) is 0.538. The monoisotopic (exact) mass is 302 g/mol. The van der Waals surface area contributed by atoms with Gasteiger partial charge in [0.1, 0.15) is 0 Å². The Balaban J connectivity index is 1.94. The van der Waals surface area contributed by atoms with Crippen LogP contribution < -0.4 is 15.2 Å². The molecule has 0 aliphatic carbocycles. The van der Waals surface area contributed by atoms with Crippen molar-refractivity contribution < 1.29 is 17.5 Å².